The molecule has 0 aliphatic carbocycles. The summed E-state index contributed by atoms with van der Waals surface area (Å²) >= 11 is 0. The van der Waals surface area contributed by atoms with Crippen molar-refractivity contribution in [2.24, 2.45) is 22.9 Å². The largest absolute Gasteiger partial charge is 0.480 e. The lowest BCUT2D eigenvalue weighted by Gasteiger charge is -2.25. The smallest absolute Gasteiger partial charge is 0.326 e. The van der Waals surface area contributed by atoms with Gasteiger partial charge in [0.2, 0.25) is 35.4 Å². The molecule has 0 aromatic heterocycles. The van der Waals surface area contributed by atoms with Crippen molar-refractivity contribution in [3.63, 3.8) is 0 Å². The molecule has 5 unspecified atom stereocenters. The molecule has 0 radical (unpaired) electrons. The second-order valence-corrected chi connectivity index (χ2v) is 7.47. The number of carbonyl (C=O) groups excluding carboxylic acids is 6. The highest BCUT2D eigenvalue weighted by atomic mass is 16.4. The molecular weight excluding hydrogens is 458 g/mol. The van der Waals surface area contributed by atoms with E-state index in [1.165, 1.54) is 6.92 Å². The van der Waals surface area contributed by atoms with Gasteiger partial charge in [-0.2, -0.15) is 0 Å². The van der Waals surface area contributed by atoms with E-state index in [4.69, 9.17) is 22.9 Å². The van der Waals surface area contributed by atoms with Crippen molar-refractivity contribution < 1.29 is 43.8 Å². The SMILES string of the molecule is CC(O)C(N)C(=O)NC(CC(N)=O)C(=O)NC(CCC(N)=O)C(=O)NC(CCC(N)=O)C(=O)O. The average molecular weight is 489 g/mol. The van der Waals surface area contributed by atoms with Crippen LogP contribution < -0.4 is 38.9 Å². The molecule has 0 saturated carbocycles. The van der Waals surface area contributed by atoms with E-state index in [1.807, 2.05) is 0 Å². The second kappa shape index (κ2) is 14.4. The number of aliphatic carboxylic acids is 1. The highest BCUT2D eigenvalue weighted by Crippen LogP contribution is 2.04. The highest BCUT2D eigenvalue weighted by Gasteiger charge is 2.32. The number of nitrogens with two attached hydrogens (primary N) is 4. The van der Waals surface area contributed by atoms with Crippen molar-refractivity contribution in [1.82, 2.24) is 16.0 Å². The molecule has 16 heteroatoms. The molecule has 16 nitrogen and oxygen atoms in total. The minimum absolute atomic E-state index is 0.343. The van der Waals surface area contributed by atoms with Crippen molar-refractivity contribution in [2.45, 2.75) is 69.3 Å². The van der Waals surface area contributed by atoms with E-state index in [2.05, 4.69) is 16.0 Å². The van der Waals surface area contributed by atoms with Crippen LogP contribution in [0.5, 0.6) is 0 Å². The number of amides is 6. The van der Waals surface area contributed by atoms with Gasteiger partial charge in [-0.15, -0.1) is 0 Å². The van der Waals surface area contributed by atoms with Gasteiger partial charge in [-0.25, -0.2) is 4.79 Å². The van der Waals surface area contributed by atoms with Gasteiger partial charge in [-0.05, 0) is 19.8 Å². The normalized spacial score (nSPS) is 15.0. The van der Waals surface area contributed by atoms with Gasteiger partial charge in [0.25, 0.3) is 0 Å². The highest BCUT2D eigenvalue weighted by molar-refractivity contribution is 5.96. The third kappa shape index (κ3) is 11.7. The summed E-state index contributed by atoms with van der Waals surface area (Å²) < 4.78 is 0. The third-order valence-corrected chi connectivity index (χ3v) is 4.47. The molecule has 0 spiro atoms. The molecule has 0 heterocycles. The Balaban J connectivity index is 5.61. The number of hydrogen-bond donors (Lipinski definition) is 9. The number of carboxylic acid groups (broad SMARTS) is 1. The fourth-order valence-corrected chi connectivity index (χ4v) is 2.54. The topological polar surface area (TPSA) is 300 Å². The Hall–Kier alpha value is -3.79. The predicted octanol–water partition coefficient (Wildman–Crippen LogP) is -5.36. The molecule has 0 aromatic carbocycles. The first-order valence-corrected chi connectivity index (χ1v) is 10.1. The van der Waals surface area contributed by atoms with Crippen molar-refractivity contribution in [1.29, 1.82) is 0 Å². The second-order valence-electron chi connectivity index (χ2n) is 7.47. The van der Waals surface area contributed by atoms with Crippen LogP contribution >= 0.6 is 0 Å². The Morgan fingerprint density at radius 1 is 0.706 bits per heavy atom. The Bertz CT molecular complexity index is 803. The van der Waals surface area contributed by atoms with Gasteiger partial charge in [-0.3, -0.25) is 28.8 Å². The molecule has 0 aliphatic rings. The minimum atomic E-state index is -1.61. The lowest BCUT2D eigenvalue weighted by molar-refractivity contribution is -0.143. The van der Waals surface area contributed by atoms with Crippen LogP contribution in [0.25, 0.3) is 0 Å². The van der Waals surface area contributed by atoms with Crippen molar-refractivity contribution in [3.05, 3.63) is 0 Å². The van der Waals surface area contributed by atoms with E-state index >= 15 is 0 Å². The van der Waals surface area contributed by atoms with E-state index in [0.717, 1.165) is 0 Å². The molecular formula is C18H31N7O9. The zero-order valence-corrected chi connectivity index (χ0v) is 18.5. The number of carbonyl (C=O) groups is 7. The summed E-state index contributed by atoms with van der Waals surface area (Å²) in [6.07, 6.45) is -3.45. The monoisotopic (exact) mass is 489 g/mol. The Morgan fingerprint density at radius 3 is 1.53 bits per heavy atom. The summed E-state index contributed by atoms with van der Waals surface area (Å²) in [4.78, 5) is 82.2. The predicted molar refractivity (Wildman–Crippen MR) is 114 cm³/mol. The molecule has 0 rings (SSSR count). The number of aliphatic hydroxyl groups excluding tert-OH is 1. The first-order chi connectivity index (χ1) is 15.6. The Morgan fingerprint density at radius 2 is 1.12 bits per heavy atom. The summed E-state index contributed by atoms with van der Waals surface area (Å²) in [5.74, 6) is -7.25. The van der Waals surface area contributed by atoms with Gasteiger partial charge >= 0.3 is 5.97 Å². The summed E-state index contributed by atoms with van der Waals surface area (Å²) in [6, 6.07) is -6.12. The van der Waals surface area contributed by atoms with Crippen LogP contribution in [-0.2, 0) is 33.6 Å². The lowest BCUT2D eigenvalue weighted by Crippen LogP contribution is -2.58. The Kier molecular flexibility index (Phi) is 12.8. The van der Waals surface area contributed by atoms with Crippen LogP contribution in [0.1, 0.15) is 39.0 Å². The number of aliphatic hydroxyl groups is 1. The number of hydrogen-bond acceptors (Lipinski definition) is 9. The maximum atomic E-state index is 12.7. The molecule has 5 atom stereocenters. The Labute approximate surface area is 194 Å². The number of carboxylic acids is 1. The summed E-state index contributed by atoms with van der Waals surface area (Å²) in [5, 5.41) is 25.1. The maximum Gasteiger partial charge on any atom is 0.326 e. The van der Waals surface area contributed by atoms with Gasteiger partial charge < -0.3 is 49.1 Å². The van der Waals surface area contributed by atoms with Gasteiger partial charge in [0, 0.05) is 12.8 Å². The van der Waals surface area contributed by atoms with Crippen molar-refractivity contribution in [3.8, 4) is 0 Å². The molecule has 0 aromatic rings. The van der Waals surface area contributed by atoms with Gasteiger partial charge in [-0.1, -0.05) is 0 Å². The number of nitrogens with one attached hydrogen (secondary N) is 3. The quantitative estimate of drug-likeness (QED) is 0.0990. The van der Waals surface area contributed by atoms with Crippen LogP contribution in [0.3, 0.4) is 0 Å². The van der Waals surface area contributed by atoms with Crippen LogP contribution in [-0.4, -0.2) is 81.9 Å². The molecule has 6 amide bonds. The van der Waals surface area contributed by atoms with E-state index in [9.17, 15) is 43.8 Å². The zero-order chi connectivity index (χ0) is 26.6. The van der Waals surface area contributed by atoms with Crippen molar-refractivity contribution in [2.75, 3.05) is 0 Å². The fraction of sp³-hybridized carbons (Fsp3) is 0.611. The zero-order valence-electron chi connectivity index (χ0n) is 18.5. The lowest BCUT2D eigenvalue weighted by atomic mass is 10.1. The average Bonchev–Trinajstić information content (AvgIpc) is 2.71. The molecule has 34 heavy (non-hydrogen) atoms. The van der Waals surface area contributed by atoms with Crippen LogP contribution in [0.2, 0.25) is 0 Å². The molecule has 0 aliphatic heterocycles. The maximum absolute atomic E-state index is 12.7. The standard InChI is InChI=1S/C18H31N7O9/c1-7(26)14(22)17(32)25-10(6-13(21)29)16(31)23-8(2-4-11(19)27)15(30)24-9(18(33)34)3-5-12(20)28/h7-10,14,26H,2-6,22H2,1H3,(H2,19,27)(H2,20,28)(H2,21,29)(H,23,31)(H,24,30)(H,25,32)(H,33,34). The molecule has 0 bridgehead atoms. The van der Waals surface area contributed by atoms with E-state index in [0.29, 0.717) is 0 Å². The van der Waals surface area contributed by atoms with Gasteiger partial charge in [0.05, 0.1) is 12.5 Å². The number of primary amides is 3. The fourth-order valence-electron chi connectivity index (χ4n) is 2.54. The van der Waals surface area contributed by atoms with Crippen LogP contribution in [0.4, 0.5) is 0 Å². The van der Waals surface area contributed by atoms with Crippen LogP contribution in [0.15, 0.2) is 0 Å². The summed E-state index contributed by atoms with van der Waals surface area (Å²) in [7, 11) is 0. The van der Waals surface area contributed by atoms with Crippen LogP contribution in [0, 0.1) is 0 Å². The minimum Gasteiger partial charge on any atom is -0.480 e. The third-order valence-electron chi connectivity index (χ3n) is 4.47. The molecule has 0 saturated heterocycles. The first kappa shape index (κ1) is 30.2. The van der Waals surface area contributed by atoms with E-state index in [1.54, 1.807) is 0 Å². The molecule has 0 fully saturated rings. The first-order valence-electron chi connectivity index (χ1n) is 10.1. The summed E-state index contributed by atoms with van der Waals surface area (Å²) in [5.41, 5.74) is 20.6. The van der Waals surface area contributed by atoms with E-state index in [-0.39, 0.29) is 19.3 Å². The molecule has 13 N–H and O–H groups in total. The molecule has 192 valence electrons. The number of rotatable bonds is 16. The summed E-state index contributed by atoms with van der Waals surface area (Å²) in [6.45, 7) is 1.22. The van der Waals surface area contributed by atoms with E-state index < -0.39 is 84.5 Å². The van der Waals surface area contributed by atoms with Crippen molar-refractivity contribution >= 4 is 41.4 Å². The van der Waals surface area contributed by atoms with Gasteiger partial charge in [0.15, 0.2) is 0 Å². The van der Waals surface area contributed by atoms with Gasteiger partial charge in [0.1, 0.15) is 24.2 Å².